The average Bonchev–Trinajstić information content (AvgIpc) is 2.52. The summed E-state index contributed by atoms with van der Waals surface area (Å²) in [5.41, 5.74) is 1.66. The molecule has 0 unspecified atom stereocenters. The molecule has 0 saturated carbocycles. The first-order valence-electron chi connectivity index (χ1n) is 8.31. The number of amides is 1. The van der Waals surface area contributed by atoms with Crippen LogP contribution in [0.15, 0.2) is 24.3 Å². The van der Waals surface area contributed by atoms with Gasteiger partial charge in [-0.2, -0.15) is 0 Å². The third kappa shape index (κ3) is 5.70. The van der Waals surface area contributed by atoms with Crippen LogP contribution in [-0.4, -0.2) is 46.8 Å². The molecule has 7 heteroatoms. The van der Waals surface area contributed by atoms with E-state index in [9.17, 15) is 13.2 Å². The van der Waals surface area contributed by atoms with Crippen molar-refractivity contribution in [3.8, 4) is 0 Å². The molecule has 0 radical (unpaired) electrons. The van der Waals surface area contributed by atoms with Gasteiger partial charge in [-0.25, -0.2) is 8.42 Å². The molecule has 1 aromatic rings. The van der Waals surface area contributed by atoms with Crippen LogP contribution in [0.4, 0.5) is 11.4 Å². The van der Waals surface area contributed by atoms with Gasteiger partial charge in [0.05, 0.1) is 18.5 Å². The predicted molar refractivity (Wildman–Crippen MR) is 100 cm³/mol. The van der Waals surface area contributed by atoms with E-state index in [0.717, 1.165) is 18.8 Å². The fourth-order valence-electron chi connectivity index (χ4n) is 2.39. The lowest BCUT2D eigenvalue weighted by atomic mass is 10.2. The molecule has 1 amide bonds. The van der Waals surface area contributed by atoms with Crippen molar-refractivity contribution in [2.24, 2.45) is 5.92 Å². The molecule has 0 aromatic heterocycles. The highest BCUT2D eigenvalue weighted by Gasteiger charge is 2.18. The van der Waals surface area contributed by atoms with Crippen LogP contribution in [0.5, 0.6) is 0 Å². The predicted octanol–water partition coefficient (Wildman–Crippen LogP) is 2.07. The minimum atomic E-state index is -3.41. The third-order valence-corrected chi connectivity index (χ3v) is 5.00. The molecule has 1 aromatic carbocycles. The largest absolute Gasteiger partial charge is 0.372 e. The summed E-state index contributed by atoms with van der Waals surface area (Å²) in [6, 6.07) is 7.46. The first-order valence-corrected chi connectivity index (χ1v) is 10.2. The summed E-state index contributed by atoms with van der Waals surface area (Å²) >= 11 is 0. The van der Waals surface area contributed by atoms with Crippen LogP contribution < -0.4 is 14.5 Å². The maximum absolute atomic E-state index is 12.1. The van der Waals surface area contributed by atoms with Crippen LogP contribution >= 0.6 is 0 Å². The van der Waals surface area contributed by atoms with Gasteiger partial charge in [-0.05, 0) is 38.1 Å². The summed E-state index contributed by atoms with van der Waals surface area (Å²) in [4.78, 5) is 13.8. The van der Waals surface area contributed by atoms with Crippen LogP contribution in [0.1, 0.15) is 27.7 Å². The zero-order chi connectivity index (χ0) is 18.3. The molecule has 136 valence electrons. The van der Waals surface area contributed by atoms with E-state index in [4.69, 9.17) is 0 Å². The Bertz CT molecular complexity index is 623. The fraction of sp³-hybridized carbons (Fsp3) is 0.588. The van der Waals surface area contributed by atoms with Crippen LogP contribution in [-0.2, 0) is 14.8 Å². The quantitative estimate of drug-likeness (QED) is 0.736. The molecule has 0 aliphatic heterocycles. The second-order valence-electron chi connectivity index (χ2n) is 5.97. The number of carbonyl (C=O) groups excluding carboxylic acids is 1. The lowest BCUT2D eigenvalue weighted by Gasteiger charge is -2.25. The standard InChI is InChI=1S/C17H29N3O3S/c1-6-19(7-2)15-8-10-16(11-9-15)20(24(5,22)23)13-12-18-17(21)14(3)4/h8-11,14H,6-7,12-13H2,1-5H3,(H,18,21). The molecule has 0 aliphatic carbocycles. The van der Waals surface area contributed by atoms with Gasteiger partial charge in [0.1, 0.15) is 0 Å². The lowest BCUT2D eigenvalue weighted by molar-refractivity contribution is -0.123. The number of hydrogen-bond acceptors (Lipinski definition) is 4. The SMILES string of the molecule is CCN(CC)c1ccc(N(CCNC(=O)C(C)C)S(C)(=O)=O)cc1. The summed E-state index contributed by atoms with van der Waals surface area (Å²) in [5, 5.41) is 2.75. The van der Waals surface area contributed by atoms with Crippen molar-refractivity contribution in [1.82, 2.24) is 5.32 Å². The molecule has 1 rings (SSSR count). The first-order chi connectivity index (χ1) is 11.2. The van der Waals surface area contributed by atoms with E-state index in [0.29, 0.717) is 5.69 Å². The molecular formula is C17H29N3O3S. The summed E-state index contributed by atoms with van der Waals surface area (Å²) in [7, 11) is -3.41. The van der Waals surface area contributed by atoms with Gasteiger partial charge < -0.3 is 10.2 Å². The molecule has 0 aliphatic rings. The Labute approximate surface area is 145 Å². The van der Waals surface area contributed by atoms with Crippen molar-refractivity contribution in [2.45, 2.75) is 27.7 Å². The van der Waals surface area contributed by atoms with Crippen molar-refractivity contribution < 1.29 is 13.2 Å². The molecule has 0 bridgehead atoms. The number of sulfonamides is 1. The Hall–Kier alpha value is -1.76. The Balaban J connectivity index is 2.88. The molecule has 1 N–H and O–H groups in total. The van der Waals surface area contributed by atoms with Gasteiger partial charge in [0.25, 0.3) is 0 Å². The number of carbonyl (C=O) groups is 1. The van der Waals surface area contributed by atoms with Gasteiger partial charge in [0, 0.05) is 31.2 Å². The lowest BCUT2D eigenvalue weighted by Crippen LogP contribution is -2.39. The maximum Gasteiger partial charge on any atom is 0.232 e. The van der Waals surface area contributed by atoms with Crippen molar-refractivity contribution in [1.29, 1.82) is 0 Å². The smallest absolute Gasteiger partial charge is 0.232 e. The summed E-state index contributed by atoms with van der Waals surface area (Å²) in [6.45, 7) is 10.0. The molecule has 0 atom stereocenters. The van der Waals surface area contributed by atoms with Crippen LogP contribution in [0.25, 0.3) is 0 Å². The van der Waals surface area contributed by atoms with Gasteiger partial charge in [-0.3, -0.25) is 9.10 Å². The average molecular weight is 356 g/mol. The highest BCUT2D eigenvalue weighted by molar-refractivity contribution is 7.92. The van der Waals surface area contributed by atoms with E-state index in [1.807, 2.05) is 12.1 Å². The monoisotopic (exact) mass is 355 g/mol. The molecule has 24 heavy (non-hydrogen) atoms. The Morgan fingerprint density at radius 2 is 1.58 bits per heavy atom. The zero-order valence-corrected chi connectivity index (χ0v) is 16.1. The molecule has 0 saturated heterocycles. The van der Waals surface area contributed by atoms with Gasteiger partial charge in [-0.1, -0.05) is 13.8 Å². The van der Waals surface area contributed by atoms with E-state index >= 15 is 0 Å². The molecule has 6 nitrogen and oxygen atoms in total. The number of nitrogens with zero attached hydrogens (tertiary/aromatic N) is 2. The molecular weight excluding hydrogens is 326 g/mol. The van der Waals surface area contributed by atoms with Crippen LogP contribution in [0.2, 0.25) is 0 Å². The molecule has 0 fully saturated rings. The van der Waals surface area contributed by atoms with E-state index in [-0.39, 0.29) is 24.9 Å². The first kappa shape index (κ1) is 20.3. The third-order valence-electron chi connectivity index (χ3n) is 3.81. The highest BCUT2D eigenvalue weighted by Crippen LogP contribution is 2.22. The maximum atomic E-state index is 12.1. The van der Waals surface area contributed by atoms with E-state index in [1.165, 1.54) is 10.6 Å². The molecule has 0 heterocycles. The van der Waals surface area contributed by atoms with Crippen molar-refractivity contribution >= 4 is 27.3 Å². The minimum Gasteiger partial charge on any atom is -0.372 e. The number of hydrogen-bond donors (Lipinski definition) is 1. The van der Waals surface area contributed by atoms with Crippen LogP contribution in [0, 0.1) is 5.92 Å². The number of nitrogens with one attached hydrogen (secondary N) is 1. The van der Waals surface area contributed by atoms with E-state index in [1.54, 1.807) is 26.0 Å². The zero-order valence-electron chi connectivity index (χ0n) is 15.2. The minimum absolute atomic E-state index is 0.0830. The van der Waals surface area contributed by atoms with Crippen molar-refractivity contribution in [2.75, 3.05) is 41.6 Å². The molecule has 0 spiro atoms. The number of rotatable bonds is 9. The second-order valence-corrected chi connectivity index (χ2v) is 7.88. The van der Waals surface area contributed by atoms with E-state index < -0.39 is 10.0 Å². The second kappa shape index (κ2) is 8.92. The topological polar surface area (TPSA) is 69.7 Å². The van der Waals surface area contributed by atoms with Crippen molar-refractivity contribution in [3.05, 3.63) is 24.3 Å². The van der Waals surface area contributed by atoms with Gasteiger partial charge in [0.2, 0.25) is 15.9 Å². The number of anilines is 2. The Morgan fingerprint density at radius 3 is 2.00 bits per heavy atom. The summed E-state index contributed by atoms with van der Waals surface area (Å²) < 4.78 is 25.5. The summed E-state index contributed by atoms with van der Waals surface area (Å²) in [5.74, 6) is -0.203. The normalized spacial score (nSPS) is 11.4. The van der Waals surface area contributed by atoms with Gasteiger partial charge in [-0.15, -0.1) is 0 Å². The fourth-order valence-corrected chi connectivity index (χ4v) is 3.32. The Kier molecular flexibility index (Phi) is 7.54. The summed E-state index contributed by atoms with van der Waals surface area (Å²) in [6.07, 6.45) is 1.18. The Morgan fingerprint density at radius 1 is 1.08 bits per heavy atom. The van der Waals surface area contributed by atoms with Crippen LogP contribution in [0.3, 0.4) is 0 Å². The highest BCUT2D eigenvalue weighted by atomic mass is 32.2. The van der Waals surface area contributed by atoms with Gasteiger partial charge in [0.15, 0.2) is 0 Å². The number of benzene rings is 1. The van der Waals surface area contributed by atoms with Crippen molar-refractivity contribution in [3.63, 3.8) is 0 Å². The van der Waals surface area contributed by atoms with E-state index in [2.05, 4.69) is 24.1 Å². The van der Waals surface area contributed by atoms with Gasteiger partial charge >= 0.3 is 0 Å².